The van der Waals surface area contributed by atoms with Crippen molar-refractivity contribution in [1.82, 2.24) is 5.32 Å². The Hall–Kier alpha value is -2.02. The second kappa shape index (κ2) is 4.87. The highest BCUT2D eigenvalue weighted by atomic mass is 16.5. The number of nitrogens with zero attached hydrogens (tertiary/aromatic N) is 1. The Morgan fingerprint density at radius 2 is 2.29 bits per heavy atom. The molecule has 0 radical (unpaired) electrons. The fourth-order valence-corrected chi connectivity index (χ4v) is 1.06. The van der Waals surface area contributed by atoms with Gasteiger partial charge in [-0.2, -0.15) is 5.26 Å². The van der Waals surface area contributed by atoms with Crippen molar-refractivity contribution in [3.8, 4) is 11.8 Å². The molecule has 0 aliphatic heterocycles. The van der Waals surface area contributed by atoms with E-state index in [4.69, 9.17) is 10.00 Å². The SMILES string of the molecule is COc1ccccc1CNC(=O)C#N. The molecule has 0 saturated carbocycles. The molecule has 1 aromatic rings. The molecule has 1 rings (SSSR count). The fraction of sp³-hybridized carbons (Fsp3) is 0.200. The van der Waals surface area contributed by atoms with Gasteiger partial charge >= 0.3 is 5.91 Å². The third-order valence-electron chi connectivity index (χ3n) is 1.73. The van der Waals surface area contributed by atoms with Crippen LogP contribution < -0.4 is 10.1 Å². The van der Waals surface area contributed by atoms with Crippen LogP contribution in [0.2, 0.25) is 0 Å². The molecule has 4 nitrogen and oxygen atoms in total. The zero-order chi connectivity index (χ0) is 10.4. The average molecular weight is 190 g/mol. The standard InChI is InChI=1S/C10H10N2O2/c1-14-9-5-3-2-4-8(9)7-12-10(13)6-11/h2-5H,7H2,1H3,(H,12,13). The number of methoxy groups -OCH3 is 1. The maximum Gasteiger partial charge on any atom is 0.322 e. The maximum atomic E-state index is 10.7. The lowest BCUT2D eigenvalue weighted by Crippen LogP contribution is -2.20. The van der Waals surface area contributed by atoms with Crippen molar-refractivity contribution in [3.63, 3.8) is 0 Å². The Balaban J connectivity index is 2.67. The van der Waals surface area contributed by atoms with Gasteiger partial charge in [0.05, 0.1) is 7.11 Å². The van der Waals surface area contributed by atoms with E-state index >= 15 is 0 Å². The van der Waals surface area contributed by atoms with Gasteiger partial charge in [0.15, 0.2) is 6.07 Å². The number of ether oxygens (including phenoxy) is 1. The summed E-state index contributed by atoms with van der Waals surface area (Å²) < 4.78 is 5.08. The van der Waals surface area contributed by atoms with E-state index in [1.165, 1.54) is 6.07 Å². The summed E-state index contributed by atoms with van der Waals surface area (Å²) in [6.45, 7) is 0.302. The summed E-state index contributed by atoms with van der Waals surface area (Å²) in [5.74, 6) is 0.0571. The van der Waals surface area contributed by atoms with E-state index in [1.54, 1.807) is 13.2 Å². The van der Waals surface area contributed by atoms with Crippen molar-refractivity contribution < 1.29 is 9.53 Å². The number of nitriles is 1. The quantitative estimate of drug-likeness (QED) is 0.718. The van der Waals surface area contributed by atoms with Crippen LogP contribution in [0.25, 0.3) is 0 Å². The van der Waals surface area contributed by atoms with Gasteiger partial charge in [-0.1, -0.05) is 18.2 Å². The Labute approximate surface area is 82.1 Å². The van der Waals surface area contributed by atoms with Crippen LogP contribution in [0.3, 0.4) is 0 Å². The lowest BCUT2D eigenvalue weighted by atomic mass is 10.2. The molecular weight excluding hydrogens is 180 g/mol. The first-order valence-corrected chi connectivity index (χ1v) is 4.07. The zero-order valence-corrected chi connectivity index (χ0v) is 7.78. The first-order valence-electron chi connectivity index (χ1n) is 4.07. The molecular formula is C10H10N2O2. The molecule has 0 bridgehead atoms. The molecule has 1 aromatic carbocycles. The molecule has 1 amide bonds. The Bertz CT molecular complexity index is 369. The average Bonchev–Trinajstić information content (AvgIpc) is 2.26. The van der Waals surface area contributed by atoms with E-state index in [0.29, 0.717) is 12.3 Å². The smallest absolute Gasteiger partial charge is 0.322 e. The summed E-state index contributed by atoms with van der Waals surface area (Å²) in [7, 11) is 1.56. The molecule has 4 heteroatoms. The molecule has 0 saturated heterocycles. The number of hydrogen-bond donors (Lipinski definition) is 1. The predicted octanol–water partition coefficient (Wildman–Crippen LogP) is 0.835. The molecule has 14 heavy (non-hydrogen) atoms. The van der Waals surface area contributed by atoms with Crippen LogP contribution in [0.4, 0.5) is 0 Å². The van der Waals surface area contributed by atoms with Crippen molar-refractivity contribution in [1.29, 1.82) is 5.26 Å². The minimum absolute atomic E-state index is 0.302. The number of carbonyl (C=O) groups excluding carboxylic acids is 1. The Morgan fingerprint density at radius 3 is 2.93 bits per heavy atom. The van der Waals surface area contributed by atoms with Crippen LogP contribution in [0.15, 0.2) is 24.3 Å². The Morgan fingerprint density at radius 1 is 1.57 bits per heavy atom. The van der Waals surface area contributed by atoms with E-state index < -0.39 is 5.91 Å². The van der Waals surface area contributed by atoms with Crippen LogP contribution in [-0.4, -0.2) is 13.0 Å². The summed E-state index contributed by atoms with van der Waals surface area (Å²) in [5.41, 5.74) is 0.846. The number of carbonyl (C=O) groups is 1. The van der Waals surface area contributed by atoms with Gasteiger partial charge in [0.2, 0.25) is 0 Å². The van der Waals surface area contributed by atoms with Gasteiger partial charge in [-0.3, -0.25) is 4.79 Å². The van der Waals surface area contributed by atoms with Crippen molar-refractivity contribution in [2.75, 3.05) is 7.11 Å². The van der Waals surface area contributed by atoms with Crippen LogP contribution in [0, 0.1) is 11.3 Å². The summed E-state index contributed by atoms with van der Waals surface area (Å²) in [6, 6.07) is 8.80. The number of para-hydroxylation sites is 1. The molecule has 1 N–H and O–H groups in total. The molecule has 0 aliphatic rings. The normalized spacial score (nSPS) is 8.86. The predicted molar refractivity (Wildman–Crippen MR) is 50.5 cm³/mol. The third-order valence-corrected chi connectivity index (χ3v) is 1.73. The van der Waals surface area contributed by atoms with Crippen molar-refractivity contribution >= 4 is 5.91 Å². The fourth-order valence-electron chi connectivity index (χ4n) is 1.06. The number of benzene rings is 1. The highest BCUT2D eigenvalue weighted by Crippen LogP contribution is 2.16. The third kappa shape index (κ3) is 2.49. The number of rotatable bonds is 3. The number of amides is 1. The van der Waals surface area contributed by atoms with Gasteiger partial charge in [0, 0.05) is 12.1 Å². The van der Waals surface area contributed by atoms with E-state index in [1.807, 2.05) is 18.2 Å². The van der Waals surface area contributed by atoms with Gasteiger partial charge in [0.1, 0.15) is 5.75 Å². The van der Waals surface area contributed by atoms with Gasteiger partial charge in [-0.05, 0) is 6.07 Å². The van der Waals surface area contributed by atoms with Crippen molar-refractivity contribution in [2.45, 2.75) is 6.54 Å². The second-order valence-corrected chi connectivity index (χ2v) is 2.61. The summed E-state index contributed by atoms with van der Waals surface area (Å²) in [4.78, 5) is 10.7. The minimum atomic E-state index is -0.643. The van der Waals surface area contributed by atoms with E-state index in [-0.39, 0.29) is 0 Å². The van der Waals surface area contributed by atoms with Crippen molar-refractivity contribution in [2.24, 2.45) is 0 Å². The van der Waals surface area contributed by atoms with Crippen LogP contribution in [0.1, 0.15) is 5.56 Å². The lowest BCUT2D eigenvalue weighted by molar-refractivity contribution is -0.116. The van der Waals surface area contributed by atoms with Crippen LogP contribution in [-0.2, 0) is 11.3 Å². The second-order valence-electron chi connectivity index (χ2n) is 2.61. The first-order chi connectivity index (χ1) is 6.77. The molecule has 0 atom stereocenters. The van der Waals surface area contributed by atoms with E-state index in [0.717, 1.165) is 5.56 Å². The minimum Gasteiger partial charge on any atom is -0.496 e. The topological polar surface area (TPSA) is 62.1 Å². The maximum absolute atomic E-state index is 10.7. The van der Waals surface area contributed by atoms with Gasteiger partial charge in [-0.15, -0.1) is 0 Å². The van der Waals surface area contributed by atoms with E-state index in [9.17, 15) is 4.79 Å². The van der Waals surface area contributed by atoms with Crippen LogP contribution in [0.5, 0.6) is 5.75 Å². The van der Waals surface area contributed by atoms with E-state index in [2.05, 4.69) is 5.32 Å². The summed E-state index contributed by atoms with van der Waals surface area (Å²) in [5, 5.41) is 10.7. The first kappa shape index (κ1) is 10.1. The summed E-state index contributed by atoms with van der Waals surface area (Å²) >= 11 is 0. The molecule has 0 heterocycles. The molecule has 0 unspecified atom stereocenters. The van der Waals surface area contributed by atoms with Gasteiger partial charge < -0.3 is 10.1 Å². The molecule has 0 fully saturated rings. The largest absolute Gasteiger partial charge is 0.496 e. The molecule has 0 aromatic heterocycles. The molecule has 72 valence electrons. The Kier molecular flexibility index (Phi) is 3.50. The summed E-state index contributed by atoms with van der Waals surface area (Å²) in [6.07, 6.45) is 0. The molecule has 0 aliphatic carbocycles. The van der Waals surface area contributed by atoms with Gasteiger partial charge in [0.25, 0.3) is 0 Å². The zero-order valence-electron chi connectivity index (χ0n) is 7.78. The lowest BCUT2D eigenvalue weighted by Gasteiger charge is -2.07. The number of nitrogens with one attached hydrogen (secondary N) is 1. The highest BCUT2D eigenvalue weighted by Gasteiger charge is 2.02. The molecule has 0 spiro atoms. The van der Waals surface area contributed by atoms with Crippen molar-refractivity contribution in [3.05, 3.63) is 29.8 Å². The van der Waals surface area contributed by atoms with Crippen LogP contribution >= 0.6 is 0 Å². The van der Waals surface area contributed by atoms with Gasteiger partial charge in [-0.25, -0.2) is 0 Å². The monoisotopic (exact) mass is 190 g/mol. The number of hydrogen-bond acceptors (Lipinski definition) is 3. The highest BCUT2D eigenvalue weighted by molar-refractivity contribution is 5.91.